The summed E-state index contributed by atoms with van der Waals surface area (Å²) in [7, 11) is 0. The summed E-state index contributed by atoms with van der Waals surface area (Å²) in [4.78, 5) is 75.0. The van der Waals surface area contributed by atoms with Crippen LogP contribution in [0.3, 0.4) is 0 Å². The maximum atomic E-state index is 13.5. The number of Topliss-reactive ketones (excluding diaryl/α,β-unsaturated/α-hetero) is 1. The van der Waals surface area contributed by atoms with E-state index in [-0.39, 0.29) is 11.3 Å². The number of hydrogen-bond donors (Lipinski definition) is 7. The monoisotopic (exact) mass is 503 g/mol. The molecule has 2 amide bonds. The summed E-state index contributed by atoms with van der Waals surface area (Å²) in [6.07, 6.45) is -1.76. The number of hydrogen-bond acceptors (Lipinski definition) is 10. The number of rotatable bonds is 17. The van der Waals surface area contributed by atoms with Crippen molar-refractivity contribution in [3.63, 3.8) is 0 Å². The van der Waals surface area contributed by atoms with E-state index in [0.717, 1.165) is 0 Å². The van der Waals surface area contributed by atoms with Crippen LogP contribution in [0.2, 0.25) is 0 Å². The Balaban J connectivity index is 6.84. The lowest BCUT2D eigenvalue weighted by molar-refractivity contribution is -0.174. The van der Waals surface area contributed by atoms with Crippen LogP contribution in [0.25, 0.3) is 0 Å². The molecule has 0 aromatic rings. The number of nitrogens with zero attached hydrogens (tertiary/aromatic N) is 1. The van der Waals surface area contributed by atoms with Crippen molar-refractivity contribution in [1.29, 1.82) is 0 Å². The number of nitrogens with two attached hydrogens (primary N) is 4. The molecule has 11 N–H and O–H groups in total. The van der Waals surface area contributed by atoms with Gasteiger partial charge in [0, 0.05) is 6.42 Å². The molecule has 0 saturated heterocycles. The number of ketones is 1. The minimum atomic E-state index is -2.85. The normalized spacial score (nSPS) is 15.5. The first-order valence-corrected chi connectivity index (χ1v) is 11.2. The molecule has 35 heavy (non-hydrogen) atoms. The van der Waals surface area contributed by atoms with Crippen molar-refractivity contribution < 1.29 is 44.1 Å². The molecule has 0 fully saturated rings. The lowest BCUT2D eigenvalue weighted by Gasteiger charge is -2.42. The Morgan fingerprint density at radius 3 is 1.77 bits per heavy atom. The molecule has 0 spiro atoms. The maximum Gasteiger partial charge on any atom is 0.338 e. The third-order valence-corrected chi connectivity index (χ3v) is 5.29. The van der Waals surface area contributed by atoms with Gasteiger partial charge in [0.25, 0.3) is 0 Å². The van der Waals surface area contributed by atoms with Gasteiger partial charge in [-0.3, -0.25) is 28.9 Å². The van der Waals surface area contributed by atoms with Gasteiger partial charge in [-0.1, -0.05) is 20.3 Å². The van der Waals surface area contributed by atoms with Crippen LogP contribution in [-0.2, 0) is 28.8 Å². The highest BCUT2D eigenvalue weighted by Crippen LogP contribution is 2.30. The fourth-order valence-corrected chi connectivity index (χ4v) is 3.62. The number of unbranched alkanes of at least 4 members (excludes halogenated alkanes) is 1. The second kappa shape index (κ2) is 14.5. The second-order valence-electron chi connectivity index (χ2n) is 8.77. The van der Waals surface area contributed by atoms with E-state index in [4.69, 9.17) is 33.1 Å². The van der Waals surface area contributed by atoms with Crippen LogP contribution in [0.1, 0.15) is 58.8 Å². The van der Waals surface area contributed by atoms with Crippen molar-refractivity contribution in [2.24, 2.45) is 28.9 Å². The van der Waals surface area contributed by atoms with E-state index in [2.05, 4.69) is 0 Å². The van der Waals surface area contributed by atoms with Crippen LogP contribution in [0, 0.1) is 5.92 Å². The largest absolute Gasteiger partial charge is 0.481 e. The summed E-state index contributed by atoms with van der Waals surface area (Å²) >= 11 is 0. The molecule has 0 saturated carbocycles. The van der Waals surface area contributed by atoms with E-state index in [0.29, 0.717) is 19.4 Å². The van der Waals surface area contributed by atoms with Gasteiger partial charge < -0.3 is 38.3 Å². The van der Waals surface area contributed by atoms with Crippen molar-refractivity contribution in [3.8, 4) is 0 Å². The zero-order chi connectivity index (χ0) is 27.5. The first-order chi connectivity index (χ1) is 16.1. The molecule has 4 unspecified atom stereocenters. The third kappa shape index (κ3) is 8.98. The zero-order valence-corrected chi connectivity index (χ0v) is 20.0. The molecule has 0 aliphatic heterocycles. The molecular formula is C21H37N5O9. The average Bonchev–Trinajstić information content (AvgIpc) is 2.74. The number of amides is 2. The first-order valence-electron chi connectivity index (χ1n) is 11.2. The maximum absolute atomic E-state index is 13.5. The summed E-state index contributed by atoms with van der Waals surface area (Å²) in [5.41, 5.74) is 20.1. The Hall–Kier alpha value is -2.94. The van der Waals surface area contributed by atoms with Crippen molar-refractivity contribution in [2.45, 2.75) is 82.5 Å². The standard InChI is InChI=1S/C21H37N5O9/c1-11(2)10-21(20(34)35,17(31)12(23)5-3-4-8-22)26(19(33)14(25)9-16(29)30)18(32)13(24)6-7-15(27)28/h11-14H,3-10,22-25H2,1-2H3,(H,27,28)(H,29,30)(H,34,35). The number of carbonyl (C=O) groups is 6. The summed E-state index contributed by atoms with van der Waals surface area (Å²) < 4.78 is 0. The zero-order valence-electron chi connectivity index (χ0n) is 20.0. The summed E-state index contributed by atoms with van der Waals surface area (Å²) in [6.45, 7) is 3.38. The highest BCUT2D eigenvalue weighted by molar-refractivity contribution is 6.17. The van der Waals surface area contributed by atoms with E-state index in [1.165, 1.54) is 0 Å². The molecule has 0 radical (unpaired) electrons. The Bertz CT molecular complexity index is 804. The molecule has 0 aliphatic carbocycles. The molecule has 14 nitrogen and oxygen atoms in total. The predicted molar refractivity (Wildman–Crippen MR) is 123 cm³/mol. The summed E-state index contributed by atoms with van der Waals surface area (Å²) in [6, 6.07) is -5.00. The molecule has 0 rings (SSSR count). The van der Waals surface area contributed by atoms with E-state index in [9.17, 15) is 33.9 Å². The van der Waals surface area contributed by atoms with E-state index < -0.39 is 90.8 Å². The van der Waals surface area contributed by atoms with Crippen molar-refractivity contribution in [1.82, 2.24) is 4.90 Å². The molecule has 0 aromatic heterocycles. The van der Waals surface area contributed by atoms with Crippen molar-refractivity contribution >= 4 is 35.5 Å². The number of aliphatic carboxylic acids is 3. The molecule has 4 atom stereocenters. The van der Waals surface area contributed by atoms with Crippen LogP contribution in [0.5, 0.6) is 0 Å². The topological polar surface area (TPSA) is 270 Å². The van der Waals surface area contributed by atoms with Crippen LogP contribution in [0.15, 0.2) is 0 Å². The van der Waals surface area contributed by atoms with Gasteiger partial charge in [0.2, 0.25) is 17.4 Å². The van der Waals surface area contributed by atoms with Crippen LogP contribution in [0.4, 0.5) is 0 Å². The van der Waals surface area contributed by atoms with E-state index >= 15 is 0 Å². The highest BCUT2D eigenvalue weighted by atomic mass is 16.4. The van der Waals surface area contributed by atoms with Gasteiger partial charge in [0.1, 0.15) is 0 Å². The molecule has 0 aromatic carbocycles. The quantitative estimate of drug-likeness (QED) is 0.0856. The number of carboxylic acid groups (broad SMARTS) is 3. The van der Waals surface area contributed by atoms with Gasteiger partial charge in [-0.05, 0) is 38.1 Å². The van der Waals surface area contributed by atoms with E-state index in [1.54, 1.807) is 13.8 Å². The Labute approximate surface area is 203 Å². The Morgan fingerprint density at radius 2 is 1.34 bits per heavy atom. The minimum Gasteiger partial charge on any atom is -0.481 e. The first kappa shape index (κ1) is 32.1. The second-order valence-corrected chi connectivity index (χ2v) is 8.77. The van der Waals surface area contributed by atoms with Gasteiger partial charge >= 0.3 is 17.9 Å². The van der Waals surface area contributed by atoms with Crippen LogP contribution < -0.4 is 22.9 Å². The Morgan fingerprint density at radius 1 is 0.800 bits per heavy atom. The van der Waals surface area contributed by atoms with Gasteiger partial charge in [-0.15, -0.1) is 0 Å². The van der Waals surface area contributed by atoms with Crippen LogP contribution >= 0.6 is 0 Å². The van der Waals surface area contributed by atoms with Crippen molar-refractivity contribution in [3.05, 3.63) is 0 Å². The van der Waals surface area contributed by atoms with Gasteiger partial charge in [-0.25, -0.2) is 4.79 Å². The molecule has 200 valence electrons. The predicted octanol–water partition coefficient (Wildman–Crippen LogP) is -1.77. The van der Waals surface area contributed by atoms with Crippen LogP contribution in [-0.4, -0.2) is 85.9 Å². The fourth-order valence-electron chi connectivity index (χ4n) is 3.62. The van der Waals surface area contributed by atoms with Gasteiger partial charge in [-0.2, -0.15) is 0 Å². The summed E-state index contributed by atoms with van der Waals surface area (Å²) in [5, 5.41) is 28.2. The number of carboxylic acids is 3. The molecular weight excluding hydrogens is 466 g/mol. The highest BCUT2D eigenvalue weighted by Gasteiger charge is 2.58. The molecule has 0 heterocycles. The SMILES string of the molecule is CC(C)CC(C(=O)O)(C(=O)C(N)CCCCN)N(C(=O)C(N)CCC(=O)O)C(=O)C(N)CC(=O)O. The average molecular weight is 504 g/mol. The van der Waals surface area contributed by atoms with E-state index in [1.807, 2.05) is 0 Å². The minimum absolute atomic E-state index is 0.00558. The summed E-state index contributed by atoms with van der Waals surface area (Å²) in [5.74, 6) is -9.25. The molecule has 14 heteroatoms. The Kier molecular flexibility index (Phi) is 13.2. The van der Waals surface area contributed by atoms with Crippen molar-refractivity contribution in [2.75, 3.05) is 6.54 Å². The van der Waals surface area contributed by atoms with Gasteiger partial charge in [0.05, 0.1) is 24.5 Å². The third-order valence-electron chi connectivity index (χ3n) is 5.29. The van der Waals surface area contributed by atoms with Gasteiger partial charge in [0.15, 0.2) is 5.78 Å². The lowest BCUT2D eigenvalue weighted by atomic mass is 9.78. The molecule has 0 aliphatic rings. The smallest absolute Gasteiger partial charge is 0.338 e. The molecule has 0 bridgehead atoms. The lowest BCUT2D eigenvalue weighted by Crippen LogP contribution is -2.71. The number of carbonyl (C=O) groups excluding carboxylic acids is 3. The fraction of sp³-hybridized carbons (Fsp3) is 0.714. The number of imide groups is 1.